The molecule has 1 saturated carbocycles. The maximum atomic E-state index is 10.8. The van der Waals surface area contributed by atoms with Crippen LogP contribution < -0.4 is 0 Å². The summed E-state index contributed by atoms with van der Waals surface area (Å²) in [7, 11) is 0. The Morgan fingerprint density at radius 1 is 1.50 bits per heavy atom. The number of rotatable bonds is 4. The summed E-state index contributed by atoms with van der Waals surface area (Å²) in [5, 5.41) is 8.88. The van der Waals surface area contributed by atoms with Crippen molar-refractivity contribution in [3.8, 4) is 0 Å². The highest BCUT2D eigenvalue weighted by atomic mass is 16.4. The number of likely N-dealkylation sites (tertiary alicyclic amines) is 1. The topological polar surface area (TPSA) is 40.5 Å². The molecule has 1 aliphatic carbocycles. The lowest BCUT2D eigenvalue weighted by Crippen LogP contribution is -2.40. The molecule has 2 rings (SSSR count). The molecule has 3 heteroatoms. The van der Waals surface area contributed by atoms with Crippen LogP contribution in [0, 0.1) is 5.92 Å². The molecule has 3 nitrogen and oxygen atoms in total. The van der Waals surface area contributed by atoms with Gasteiger partial charge in [-0.05, 0) is 45.1 Å². The van der Waals surface area contributed by atoms with Crippen LogP contribution in [0.4, 0.5) is 0 Å². The molecule has 0 bridgehead atoms. The van der Waals surface area contributed by atoms with Crippen LogP contribution in [-0.2, 0) is 4.79 Å². The Balaban J connectivity index is 1.98. The highest BCUT2D eigenvalue weighted by Gasteiger charge is 2.39. The molecule has 0 aromatic rings. The molecule has 80 valence electrons. The fourth-order valence-electron chi connectivity index (χ4n) is 2.66. The number of nitrogens with zero attached hydrogens (tertiary/aromatic N) is 1. The average molecular weight is 197 g/mol. The monoisotopic (exact) mass is 197 g/mol. The second-order valence-corrected chi connectivity index (χ2v) is 4.73. The summed E-state index contributed by atoms with van der Waals surface area (Å²) in [4.78, 5) is 13.2. The predicted octanol–water partition coefficient (Wildman–Crippen LogP) is 1.72. The van der Waals surface area contributed by atoms with Gasteiger partial charge in [-0.25, -0.2) is 0 Å². The van der Waals surface area contributed by atoms with Crippen LogP contribution in [0.1, 0.15) is 39.0 Å². The van der Waals surface area contributed by atoms with Crippen LogP contribution in [0.25, 0.3) is 0 Å². The molecule has 0 spiro atoms. The van der Waals surface area contributed by atoms with Crippen molar-refractivity contribution >= 4 is 5.97 Å². The summed E-state index contributed by atoms with van der Waals surface area (Å²) in [5.41, 5.74) is 0. The minimum atomic E-state index is -0.638. The third-order valence-corrected chi connectivity index (χ3v) is 3.58. The lowest BCUT2D eigenvalue weighted by atomic mass is 10.1. The molecule has 0 aromatic heterocycles. The van der Waals surface area contributed by atoms with Gasteiger partial charge in [0.1, 0.15) is 0 Å². The standard InChI is InChI=1S/C11H19NO2/c1-8-3-2-6-12(8)10(7-11(13)14)9-4-5-9/h8-10H,2-7H2,1H3,(H,13,14). The zero-order valence-corrected chi connectivity index (χ0v) is 8.78. The van der Waals surface area contributed by atoms with Crippen molar-refractivity contribution in [2.75, 3.05) is 6.54 Å². The third-order valence-electron chi connectivity index (χ3n) is 3.58. The van der Waals surface area contributed by atoms with Gasteiger partial charge in [0.15, 0.2) is 0 Å². The summed E-state index contributed by atoms with van der Waals surface area (Å²) < 4.78 is 0. The Morgan fingerprint density at radius 2 is 2.21 bits per heavy atom. The van der Waals surface area contributed by atoms with Crippen molar-refractivity contribution in [1.29, 1.82) is 0 Å². The fourth-order valence-corrected chi connectivity index (χ4v) is 2.66. The molecule has 1 aliphatic heterocycles. The van der Waals surface area contributed by atoms with Crippen molar-refractivity contribution < 1.29 is 9.90 Å². The van der Waals surface area contributed by atoms with Gasteiger partial charge in [-0.15, -0.1) is 0 Å². The van der Waals surface area contributed by atoms with Gasteiger partial charge >= 0.3 is 5.97 Å². The van der Waals surface area contributed by atoms with E-state index in [4.69, 9.17) is 5.11 Å². The van der Waals surface area contributed by atoms with Gasteiger partial charge in [-0.2, -0.15) is 0 Å². The maximum absolute atomic E-state index is 10.8. The average Bonchev–Trinajstić information content (AvgIpc) is 2.86. The summed E-state index contributed by atoms with van der Waals surface area (Å²) in [6.45, 7) is 3.33. The van der Waals surface area contributed by atoms with Crippen molar-refractivity contribution in [2.24, 2.45) is 5.92 Å². The highest BCUT2D eigenvalue weighted by Crippen LogP contribution is 2.39. The predicted molar refractivity (Wildman–Crippen MR) is 54.2 cm³/mol. The molecule has 2 unspecified atom stereocenters. The lowest BCUT2D eigenvalue weighted by molar-refractivity contribution is -0.138. The Morgan fingerprint density at radius 3 is 2.64 bits per heavy atom. The van der Waals surface area contributed by atoms with Crippen molar-refractivity contribution in [1.82, 2.24) is 4.90 Å². The van der Waals surface area contributed by atoms with Crippen molar-refractivity contribution in [2.45, 2.75) is 51.1 Å². The molecule has 14 heavy (non-hydrogen) atoms. The van der Waals surface area contributed by atoms with E-state index in [2.05, 4.69) is 11.8 Å². The van der Waals surface area contributed by atoms with Gasteiger partial charge in [-0.3, -0.25) is 9.69 Å². The molecule has 2 fully saturated rings. The van der Waals surface area contributed by atoms with E-state index in [1.165, 1.54) is 25.7 Å². The van der Waals surface area contributed by atoms with Gasteiger partial charge in [0.05, 0.1) is 6.42 Å². The molecule has 1 heterocycles. The van der Waals surface area contributed by atoms with Crippen LogP contribution >= 0.6 is 0 Å². The lowest BCUT2D eigenvalue weighted by Gasteiger charge is -2.30. The maximum Gasteiger partial charge on any atom is 0.304 e. The van der Waals surface area contributed by atoms with E-state index in [9.17, 15) is 4.79 Å². The zero-order valence-electron chi connectivity index (χ0n) is 8.78. The van der Waals surface area contributed by atoms with Crippen molar-refractivity contribution in [3.05, 3.63) is 0 Å². The molecular formula is C11H19NO2. The Kier molecular flexibility index (Phi) is 2.77. The van der Waals surface area contributed by atoms with Gasteiger partial charge in [-0.1, -0.05) is 0 Å². The summed E-state index contributed by atoms with van der Waals surface area (Å²) in [6.07, 6.45) is 5.30. The molecule has 1 saturated heterocycles. The number of carboxylic acids is 1. The molecule has 0 radical (unpaired) electrons. The van der Waals surface area contributed by atoms with Crippen LogP contribution in [0.3, 0.4) is 0 Å². The first kappa shape index (κ1) is 9.97. The van der Waals surface area contributed by atoms with E-state index in [-0.39, 0.29) is 0 Å². The molecule has 0 amide bonds. The Hall–Kier alpha value is -0.570. The molecule has 2 aliphatic rings. The largest absolute Gasteiger partial charge is 0.481 e. The molecule has 1 N–H and O–H groups in total. The SMILES string of the molecule is CC1CCCN1C(CC(=O)O)C1CC1. The number of aliphatic carboxylic acids is 1. The number of carboxylic acid groups (broad SMARTS) is 1. The minimum absolute atomic E-state index is 0.324. The van der Waals surface area contributed by atoms with Gasteiger partial charge in [0, 0.05) is 12.1 Å². The molecular weight excluding hydrogens is 178 g/mol. The second-order valence-electron chi connectivity index (χ2n) is 4.73. The van der Waals surface area contributed by atoms with Gasteiger partial charge in [0.2, 0.25) is 0 Å². The number of hydrogen-bond donors (Lipinski definition) is 1. The van der Waals surface area contributed by atoms with Gasteiger partial charge < -0.3 is 5.11 Å². The van der Waals surface area contributed by atoms with E-state index in [0.29, 0.717) is 24.4 Å². The van der Waals surface area contributed by atoms with Gasteiger partial charge in [0.25, 0.3) is 0 Å². The van der Waals surface area contributed by atoms with E-state index < -0.39 is 5.97 Å². The number of hydrogen-bond acceptors (Lipinski definition) is 2. The second kappa shape index (κ2) is 3.89. The van der Waals surface area contributed by atoms with E-state index >= 15 is 0 Å². The van der Waals surface area contributed by atoms with Crippen LogP contribution in [0.5, 0.6) is 0 Å². The smallest absolute Gasteiger partial charge is 0.304 e. The van der Waals surface area contributed by atoms with E-state index in [1.54, 1.807) is 0 Å². The van der Waals surface area contributed by atoms with Crippen molar-refractivity contribution in [3.63, 3.8) is 0 Å². The van der Waals surface area contributed by atoms with Crippen LogP contribution in [0.15, 0.2) is 0 Å². The van der Waals surface area contributed by atoms with Crippen LogP contribution in [-0.4, -0.2) is 34.6 Å². The normalized spacial score (nSPS) is 30.5. The van der Waals surface area contributed by atoms with E-state index in [1.807, 2.05) is 0 Å². The molecule has 0 aromatic carbocycles. The number of carbonyl (C=O) groups is 1. The minimum Gasteiger partial charge on any atom is -0.481 e. The quantitative estimate of drug-likeness (QED) is 0.746. The fraction of sp³-hybridized carbons (Fsp3) is 0.909. The summed E-state index contributed by atoms with van der Waals surface area (Å²) >= 11 is 0. The first-order valence-corrected chi connectivity index (χ1v) is 5.66. The molecule has 2 atom stereocenters. The zero-order chi connectivity index (χ0) is 10.1. The van der Waals surface area contributed by atoms with Crippen LogP contribution in [0.2, 0.25) is 0 Å². The Bertz CT molecular complexity index is 225. The first-order valence-electron chi connectivity index (χ1n) is 5.66. The third kappa shape index (κ3) is 2.08. The van der Waals surface area contributed by atoms with E-state index in [0.717, 1.165) is 6.54 Å². The first-order chi connectivity index (χ1) is 6.68. The summed E-state index contributed by atoms with van der Waals surface area (Å²) in [6, 6.07) is 0.921. The summed E-state index contributed by atoms with van der Waals surface area (Å²) in [5.74, 6) is 0.0349. The highest BCUT2D eigenvalue weighted by molar-refractivity contribution is 5.67. The Labute approximate surface area is 85.1 Å².